The van der Waals surface area contributed by atoms with Crippen LogP contribution >= 0.6 is 0 Å². The van der Waals surface area contributed by atoms with Gasteiger partial charge in [-0.2, -0.15) is 4.39 Å². The van der Waals surface area contributed by atoms with Crippen LogP contribution in [0.4, 0.5) is 8.78 Å². The van der Waals surface area contributed by atoms with E-state index < -0.39 is 45.1 Å². The zero-order valence-corrected chi connectivity index (χ0v) is 15.2. The summed E-state index contributed by atoms with van der Waals surface area (Å²) in [6.07, 6.45) is 2.38. The standard InChI is InChI=1S/C17H17F2NO5S/c1-4-20-13-9(14(21)10(17(22)23)16(20)26(3)24)8(7-5-6-7)11(18)12(19)15(13)25-2/h7H,4-6H2,1-3H3,(H,22,23). The van der Waals surface area contributed by atoms with Gasteiger partial charge in [0, 0.05) is 18.4 Å². The van der Waals surface area contributed by atoms with E-state index in [9.17, 15) is 27.7 Å². The van der Waals surface area contributed by atoms with Gasteiger partial charge >= 0.3 is 5.97 Å². The molecule has 9 heteroatoms. The van der Waals surface area contributed by atoms with Crippen LogP contribution < -0.4 is 10.2 Å². The molecule has 0 aliphatic heterocycles. The molecule has 0 radical (unpaired) electrons. The van der Waals surface area contributed by atoms with Crippen LogP contribution in [0.3, 0.4) is 0 Å². The largest absolute Gasteiger partial charge is 0.491 e. The molecule has 0 saturated heterocycles. The molecule has 1 aromatic heterocycles. The Balaban J connectivity index is 2.72. The number of aromatic carboxylic acids is 1. The smallest absolute Gasteiger partial charge is 0.342 e. The number of carboxylic acid groups (broad SMARTS) is 1. The quantitative estimate of drug-likeness (QED) is 0.855. The van der Waals surface area contributed by atoms with Crippen LogP contribution in [0.2, 0.25) is 0 Å². The molecule has 6 nitrogen and oxygen atoms in total. The number of ether oxygens (including phenoxy) is 1. The molecule has 1 heterocycles. The number of carbonyl (C=O) groups is 1. The minimum absolute atomic E-state index is 0.0593. The Morgan fingerprint density at radius 3 is 2.38 bits per heavy atom. The predicted octanol–water partition coefficient (Wildman–Crippen LogP) is 2.62. The molecule has 1 N–H and O–H groups in total. The Labute approximate surface area is 149 Å². The van der Waals surface area contributed by atoms with Crippen LogP contribution in [-0.2, 0) is 17.3 Å². The van der Waals surface area contributed by atoms with Gasteiger partial charge < -0.3 is 14.4 Å². The van der Waals surface area contributed by atoms with E-state index in [0.29, 0.717) is 12.8 Å². The van der Waals surface area contributed by atoms with Gasteiger partial charge in [-0.3, -0.25) is 9.00 Å². The number of aryl methyl sites for hydroxylation is 1. The third kappa shape index (κ3) is 2.53. The van der Waals surface area contributed by atoms with Gasteiger partial charge in [0.25, 0.3) is 0 Å². The molecule has 1 fully saturated rings. The van der Waals surface area contributed by atoms with Crippen molar-refractivity contribution in [3.8, 4) is 5.75 Å². The number of aromatic nitrogens is 1. The second-order valence-corrected chi connectivity index (χ2v) is 7.38. The molecule has 1 saturated carbocycles. The van der Waals surface area contributed by atoms with E-state index >= 15 is 0 Å². The summed E-state index contributed by atoms with van der Waals surface area (Å²) >= 11 is 0. The highest BCUT2D eigenvalue weighted by atomic mass is 32.2. The lowest BCUT2D eigenvalue weighted by Crippen LogP contribution is -2.26. The van der Waals surface area contributed by atoms with Crippen LogP contribution in [0.5, 0.6) is 5.75 Å². The highest BCUT2D eigenvalue weighted by molar-refractivity contribution is 7.84. The van der Waals surface area contributed by atoms with Crippen LogP contribution in [0, 0.1) is 11.6 Å². The van der Waals surface area contributed by atoms with Gasteiger partial charge in [0.2, 0.25) is 11.2 Å². The number of methoxy groups -OCH3 is 1. The first kappa shape index (κ1) is 18.5. The number of fused-ring (bicyclic) bond motifs is 1. The fourth-order valence-corrected chi connectivity index (χ4v) is 4.35. The third-order valence-electron chi connectivity index (χ3n) is 4.52. The Morgan fingerprint density at radius 1 is 1.35 bits per heavy atom. The van der Waals surface area contributed by atoms with Crippen molar-refractivity contribution in [2.45, 2.75) is 37.3 Å². The van der Waals surface area contributed by atoms with Crippen LogP contribution in [0.25, 0.3) is 10.9 Å². The Bertz CT molecular complexity index is 1030. The van der Waals surface area contributed by atoms with Crippen LogP contribution in [0.15, 0.2) is 9.82 Å². The number of carboxylic acids is 1. The van der Waals surface area contributed by atoms with Crippen molar-refractivity contribution in [3.63, 3.8) is 0 Å². The number of pyridine rings is 1. The molecular weight excluding hydrogens is 368 g/mol. The molecule has 1 atom stereocenters. The molecule has 26 heavy (non-hydrogen) atoms. The monoisotopic (exact) mass is 385 g/mol. The summed E-state index contributed by atoms with van der Waals surface area (Å²) in [6.45, 7) is 1.72. The number of halogens is 2. The average Bonchev–Trinajstić information content (AvgIpc) is 3.40. The first-order chi connectivity index (χ1) is 12.3. The second-order valence-electron chi connectivity index (χ2n) is 6.09. The first-order valence-electron chi connectivity index (χ1n) is 7.98. The summed E-state index contributed by atoms with van der Waals surface area (Å²) < 4.78 is 47.8. The molecule has 1 aliphatic carbocycles. The minimum Gasteiger partial charge on any atom is -0.491 e. The molecule has 2 aromatic rings. The highest BCUT2D eigenvalue weighted by Gasteiger charge is 2.37. The molecule has 1 unspecified atom stereocenters. The van der Waals surface area contributed by atoms with Crippen LogP contribution in [0.1, 0.15) is 41.6 Å². The molecule has 0 amide bonds. The van der Waals surface area contributed by atoms with E-state index in [1.807, 2.05) is 0 Å². The van der Waals surface area contributed by atoms with E-state index in [4.69, 9.17) is 4.74 Å². The van der Waals surface area contributed by atoms with Gasteiger partial charge in [0.05, 0.1) is 28.8 Å². The lowest BCUT2D eigenvalue weighted by atomic mass is 9.99. The lowest BCUT2D eigenvalue weighted by Gasteiger charge is -2.21. The molecule has 1 aromatic carbocycles. The molecule has 0 spiro atoms. The van der Waals surface area contributed by atoms with Crippen molar-refractivity contribution in [1.82, 2.24) is 4.57 Å². The summed E-state index contributed by atoms with van der Waals surface area (Å²) in [7, 11) is -0.721. The summed E-state index contributed by atoms with van der Waals surface area (Å²) in [6, 6.07) is 0. The molecule has 3 rings (SSSR count). The van der Waals surface area contributed by atoms with Gasteiger partial charge in [0.1, 0.15) is 10.6 Å². The zero-order chi connectivity index (χ0) is 19.3. The van der Waals surface area contributed by atoms with Crippen molar-refractivity contribution in [3.05, 3.63) is 33.0 Å². The summed E-state index contributed by atoms with van der Waals surface area (Å²) in [5.74, 6) is -4.84. The highest BCUT2D eigenvalue weighted by Crippen LogP contribution is 2.47. The number of hydrogen-bond acceptors (Lipinski definition) is 4. The first-order valence-corrected chi connectivity index (χ1v) is 9.54. The second kappa shape index (κ2) is 6.46. The van der Waals surface area contributed by atoms with E-state index in [0.717, 1.165) is 7.11 Å². The van der Waals surface area contributed by atoms with Gasteiger partial charge in [-0.05, 0) is 25.7 Å². The van der Waals surface area contributed by atoms with Crippen molar-refractivity contribution in [1.29, 1.82) is 0 Å². The lowest BCUT2D eigenvalue weighted by molar-refractivity contribution is 0.0689. The third-order valence-corrected chi connectivity index (χ3v) is 5.49. The number of benzene rings is 1. The van der Waals surface area contributed by atoms with E-state index in [-0.39, 0.29) is 34.0 Å². The zero-order valence-electron chi connectivity index (χ0n) is 14.4. The van der Waals surface area contributed by atoms with Gasteiger partial charge in [-0.1, -0.05) is 0 Å². The molecule has 0 bridgehead atoms. The van der Waals surface area contributed by atoms with E-state index in [1.54, 1.807) is 6.92 Å². The topological polar surface area (TPSA) is 85.6 Å². The Hall–Kier alpha value is -2.29. The van der Waals surface area contributed by atoms with Gasteiger partial charge in [0.15, 0.2) is 11.6 Å². The average molecular weight is 385 g/mol. The number of rotatable bonds is 5. The normalized spacial score (nSPS) is 15.3. The SMILES string of the molecule is CCn1c(S(C)=O)c(C(=O)O)c(=O)c2c(C3CC3)c(F)c(F)c(OC)c21. The molecule has 140 valence electrons. The number of hydrogen-bond donors (Lipinski definition) is 1. The summed E-state index contributed by atoms with van der Waals surface area (Å²) in [4.78, 5) is 24.7. The minimum atomic E-state index is -1.85. The van der Waals surface area contributed by atoms with Gasteiger partial charge in [-0.15, -0.1) is 0 Å². The summed E-state index contributed by atoms with van der Waals surface area (Å²) in [5.41, 5.74) is -1.84. The molecular formula is C17H17F2NO5S. The van der Waals surface area contributed by atoms with Crippen LogP contribution in [-0.4, -0.2) is 33.2 Å². The van der Waals surface area contributed by atoms with Crippen molar-refractivity contribution in [2.75, 3.05) is 13.4 Å². The van der Waals surface area contributed by atoms with Crippen molar-refractivity contribution < 1.29 is 27.6 Å². The molecule has 1 aliphatic rings. The van der Waals surface area contributed by atoms with E-state index in [2.05, 4.69) is 0 Å². The summed E-state index contributed by atoms with van der Waals surface area (Å²) in [5, 5.41) is 9.07. The maximum Gasteiger partial charge on any atom is 0.342 e. The van der Waals surface area contributed by atoms with Crippen molar-refractivity contribution in [2.24, 2.45) is 0 Å². The fourth-order valence-electron chi connectivity index (χ4n) is 3.35. The number of nitrogens with zero attached hydrogens (tertiary/aromatic N) is 1. The maximum atomic E-state index is 14.7. The van der Waals surface area contributed by atoms with E-state index in [1.165, 1.54) is 10.8 Å². The Kier molecular flexibility index (Phi) is 4.60. The van der Waals surface area contributed by atoms with Crippen molar-refractivity contribution >= 4 is 27.7 Å². The maximum absolute atomic E-state index is 14.7. The van der Waals surface area contributed by atoms with Gasteiger partial charge in [-0.25, -0.2) is 9.18 Å². The Morgan fingerprint density at radius 2 is 1.96 bits per heavy atom. The fraction of sp³-hybridized carbons (Fsp3) is 0.412. The predicted molar refractivity (Wildman–Crippen MR) is 91.6 cm³/mol.